The van der Waals surface area contributed by atoms with Crippen molar-refractivity contribution in [3.05, 3.63) is 84.3 Å². The number of aliphatic hydroxyl groups is 1. The molecule has 2 aromatic heterocycles. The highest BCUT2D eigenvalue weighted by Crippen LogP contribution is 2.32. The Kier molecular flexibility index (Phi) is 6.21. The van der Waals surface area contributed by atoms with Gasteiger partial charge < -0.3 is 24.1 Å². The Hall–Kier alpha value is -3.61. The van der Waals surface area contributed by atoms with E-state index in [2.05, 4.69) is 57.3 Å². The van der Waals surface area contributed by atoms with Gasteiger partial charge >= 0.3 is 0 Å². The van der Waals surface area contributed by atoms with Gasteiger partial charge in [0.2, 0.25) is 5.89 Å². The summed E-state index contributed by atoms with van der Waals surface area (Å²) in [5.74, 6) is 2.64. The molecule has 0 saturated carbocycles. The van der Waals surface area contributed by atoms with Crippen LogP contribution in [0.1, 0.15) is 30.1 Å². The van der Waals surface area contributed by atoms with E-state index in [1.807, 2.05) is 31.2 Å². The number of likely N-dealkylation sites (tertiary alicyclic amines) is 1. The number of piperidine rings is 1. The minimum absolute atomic E-state index is 0.252. The summed E-state index contributed by atoms with van der Waals surface area (Å²) in [6.07, 6.45) is 3.37. The molecule has 6 heteroatoms. The molecule has 184 valence electrons. The number of hydrogen-bond donors (Lipinski definition) is 2. The van der Waals surface area contributed by atoms with Gasteiger partial charge in [0.1, 0.15) is 29.9 Å². The maximum absolute atomic E-state index is 10.7. The molecule has 0 radical (unpaired) electrons. The third kappa shape index (κ3) is 4.74. The summed E-state index contributed by atoms with van der Waals surface area (Å²) >= 11 is 0. The maximum atomic E-state index is 10.7. The quantitative estimate of drug-likeness (QED) is 0.303. The Morgan fingerprint density at radius 2 is 1.89 bits per heavy atom. The molecule has 36 heavy (non-hydrogen) atoms. The van der Waals surface area contributed by atoms with Gasteiger partial charge in [-0.2, -0.15) is 0 Å². The van der Waals surface area contributed by atoms with Crippen LogP contribution in [-0.4, -0.2) is 52.3 Å². The molecule has 3 heterocycles. The molecule has 0 spiro atoms. The number of benzene rings is 3. The average Bonchev–Trinajstić information content (AvgIpc) is 3.54. The first-order chi connectivity index (χ1) is 17.6. The van der Waals surface area contributed by atoms with Gasteiger partial charge in [0.15, 0.2) is 0 Å². The summed E-state index contributed by atoms with van der Waals surface area (Å²) in [5.41, 5.74) is 3.18. The molecule has 5 aromatic rings. The van der Waals surface area contributed by atoms with Gasteiger partial charge in [-0.1, -0.05) is 48.5 Å². The molecule has 3 aromatic carbocycles. The normalized spacial score (nSPS) is 16.1. The number of aliphatic hydroxyl groups excluding tert-OH is 1. The van der Waals surface area contributed by atoms with Crippen molar-refractivity contribution in [3.63, 3.8) is 0 Å². The number of nitrogens with zero attached hydrogens (tertiary/aromatic N) is 2. The van der Waals surface area contributed by atoms with Crippen LogP contribution in [0.25, 0.3) is 33.3 Å². The van der Waals surface area contributed by atoms with Crippen LogP contribution < -0.4 is 4.74 Å². The van der Waals surface area contributed by atoms with Crippen LogP contribution in [-0.2, 0) is 0 Å². The third-order valence-electron chi connectivity index (χ3n) is 7.21. The minimum Gasteiger partial charge on any atom is -0.490 e. The van der Waals surface area contributed by atoms with Crippen molar-refractivity contribution in [2.24, 2.45) is 0 Å². The number of ether oxygens (including phenoxy) is 1. The molecule has 6 nitrogen and oxygen atoms in total. The van der Waals surface area contributed by atoms with E-state index in [1.165, 1.54) is 16.3 Å². The van der Waals surface area contributed by atoms with Gasteiger partial charge in [-0.3, -0.25) is 0 Å². The lowest BCUT2D eigenvalue weighted by Gasteiger charge is -2.33. The van der Waals surface area contributed by atoms with Crippen molar-refractivity contribution < 1.29 is 14.3 Å². The second-order valence-corrected chi connectivity index (χ2v) is 9.82. The van der Waals surface area contributed by atoms with Crippen LogP contribution >= 0.6 is 0 Å². The Bertz CT molecular complexity index is 1480. The number of β-amino-alcohol motifs (C(OH)–C–C–N with tert-alkyl or cyclic N) is 1. The number of rotatable bonds is 7. The minimum atomic E-state index is -0.551. The molecule has 6 rings (SSSR count). The van der Waals surface area contributed by atoms with E-state index in [0.29, 0.717) is 18.4 Å². The SMILES string of the molecule is Cc1cnc(-c2cc3c(OCC(O)CN4CCC(c5ccc6ccccc6c5)CC4)cccc3[nH]2)o1. The molecular formula is C30H31N3O3. The van der Waals surface area contributed by atoms with Gasteiger partial charge in [-0.25, -0.2) is 4.98 Å². The standard InChI is InChI=1S/C30H31N3O3/c1-20-17-31-30(36-20)28-16-26-27(32-28)7-4-8-29(26)35-19-25(34)18-33-13-11-22(12-14-33)24-10-9-21-5-2-3-6-23(21)15-24/h2-10,15-17,22,25,32,34H,11-14,18-19H2,1H3. The summed E-state index contributed by atoms with van der Waals surface area (Å²) in [6, 6.07) is 23.3. The summed E-state index contributed by atoms with van der Waals surface area (Å²) in [6.45, 7) is 4.72. The van der Waals surface area contributed by atoms with Gasteiger partial charge in [-0.15, -0.1) is 0 Å². The molecule has 1 aliphatic heterocycles. The second kappa shape index (κ2) is 9.80. The summed E-state index contributed by atoms with van der Waals surface area (Å²) in [4.78, 5) is 10.00. The number of aromatic amines is 1. The number of oxazole rings is 1. The molecule has 1 saturated heterocycles. The summed E-state index contributed by atoms with van der Waals surface area (Å²) in [7, 11) is 0. The van der Waals surface area contributed by atoms with Crippen molar-refractivity contribution >= 4 is 21.7 Å². The lowest BCUT2D eigenvalue weighted by molar-refractivity contribution is 0.0599. The molecule has 1 unspecified atom stereocenters. The van der Waals surface area contributed by atoms with Crippen LogP contribution in [0.2, 0.25) is 0 Å². The van der Waals surface area contributed by atoms with E-state index in [-0.39, 0.29) is 6.61 Å². The van der Waals surface area contributed by atoms with E-state index in [9.17, 15) is 5.11 Å². The number of fused-ring (bicyclic) bond motifs is 2. The van der Waals surface area contributed by atoms with Gasteiger partial charge in [-0.05, 0) is 73.3 Å². The fourth-order valence-corrected chi connectivity index (χ4v) is 5.30. The average molecular weight is 482 g/mol. The van der Waals surface area contributed by atoms with Crippen LogP contribution in [0, 0.1) is 6.92 Å². The van der Waals surface area contributed by atoms with Crippen molar-refractivity contribution in [1.29, 1.82) is 0 Å². The molecule has 0 amide bonds. The zero-order chi connectivity index (χ0) is 24.5. The zero-order valence-electron chi connectivity index (χ0n) is 20.5. The monoisotopic (exact) mass is 481 g/mol. The number of nitrogens with one attached hydrogen (secondary N) is 1. The lowest BCUT2D eigenvalue weighted by Crippen LogP contribution is -2.40. The van der Waals surface area contributed by atoms with E-state index in [1.54, 1.807) is 6.20 Å². The number of aryl methyl sites for hydroxylation is 1. The number of aromatic nitrogens is 2. The smallest absolute Gasteiger partial charge is 0.243 e. The van der Waals surface area contributed by atoms with Crippen molar-refractivity contribution in [1.82, 2.24) is 14.9 Å². The molecule has 1 aliphatic rings. The van der Waals surface area contributed by atoms with Crippen LogP contribution in [0.5, 0.6) is 5.75 Å². The Morgan fingerprint density at radius 1 is 1.06 bits per heavy atom. The van der Waals surface area contributed by atoms with E-state index in [0.717, 1.165) is 54.0 Å². The Balaban J connectivity index is 1.04. The summed E-state index contributed by atoms with van der Waals surface area (Å²) < 4.78 is 11.7. The number of hydrogen-bond acceptors (Lipinski definition) is 5. The first-order valence-electron chi connectivity index (χ1n) is 12.7. The molecular weight excluding hydrogens is 450 g/mol. The molecule has 0 bridgehead atoms. The highest BCUT2D eigenvalue weighted by molar-refractivity contribution is 5.90. The Morgan fingerprint density at radius 3 is 2.69 bits per heavy atom. The van der Waals surface area contributed by atoms with Gasteiger partial charge in [0, 0.05) is 17.4 Å². The number of H-pyrrole nitrogens is 1. The van der Waals surface area contributed by atoms with Crippen molar-refractivity contribution in [3.8, 4) is 17.3 Å². The largest absolute Gasteiger partial charge is 0.490 e. The highest BCUT2D eigenvalue weighted by atomic mass is 16.5. The fraction of sp³-hybridized carbons (Fsp3) is 0.300. The maximum Gasteiger partial charge on any atom is 0.243 e. The van der Waals surface area contributed by atoms with Crippen LogP contribution in [0.15, 0.2) is 77.3 Å². The van der Waals surface area contributed by atoms with Crippen molar-refractivity contribution in [2.75, 3.05) is 26.2 Å². The molecule has 1 fully saturated rings. The molecule has 1 atom stereocenters. The third-order valence-corrected chi connectivity index (χ3v) is 7.21. The highest BCUT2D eigenvalue weighted by Gasteiger charge is 2.23. The van der Waals surface area contributed by atoms with Crippen LogP contribution in [0.3, 0.4) is 0 Å². The van der Waals surface area contributed by atoms with Crippen LogP contribution in [0.4, 0.5) is 0 Å². The van der Waals surface area contributed by atoms with Gasteiger partial charge in [0.05, 0.1) is 6.20 Å². The predicted octanol–water partition coefficient (Wildman–Crippen LogP) is 5.90. The fourth-order valence-electron chi connectivity index (χ4n) is 5.30. The zero-order valence-corrected chi connectivity index (χ0v) is 20.5. The first-order valence-corrected chi connectivity index (χ1v) is 12.7. The first kappa shape index (κ1) is 22.8. The van der Waals surface area contributed by atoms with E-state index in [4.69, 9.17) is 9.15 Å². The van der Waals surface area contributed by atoms with Crippen molar-refractivity contribution in [2.45, 2.75) is 31.8 Å². The van der Waals surface area contributed by atoms with E-state index >= 15 is 0 Å². The molecule has 0 aliphatic carbocycles. The Labute approximate surface area is 210 Å². The second-order valence-electron chi connectivity index (χ2n) is 9.82. The lowest BCUT2D eigenvalue weighted by atomic mass is 9.88. The summed E-state index contributed by atoms with van der Waals surface area (Å²) in [5, 5.41) is 14.3. The predicted molar refractivity (Wildman–Crippen MR) is 142 cm³/mol. The molecule has 2 N–H and O–H groups in total. The van der Waals surface area contributed by atoms with Gasteiger partial charge in [0.25, 0.3) is 0 Å². The van der Waals surface area contributed by atoms with E-state index < -0.39 is 6.10 Å². The topological polar surface area (TPSA) is 74.5 Å².